The van der Waals surface area contributed by atoms with E-state index in [1.54, 1.807) is 12.1 Å². The van der Waals surface area contributed by atoms with Gasteiger partial charge in [0.25, 0.3) is 0 Å². The second-order valence-corrected chi connectivity index (χ2v) is 6.58. The van der Waals surface area contributed by atoms with Gasteiger partial charge in [0.2, 0.25) is 0 Å². The predicted molar refractivity (Wildman–Crippen MR) is 98.2 cm³/mol. The second kappa shape index (κ2) is 8.88. The molecule has 3 rings (SSSR count). The number of hydrogen-bond donors (Lipinski definition) is 1. The lowest BCUT2D eigenvalue weighted by molar-refractivity contribution is 0.0983. The fourth-order valence-electron chi connectivity index (χ4n) is 3.42. The molecule has 0 aromatic heterocycles. The molecule has 3 nitrogen and oxygen atoms in total. The molecule has 0 aliphatic carbocycles. The monoisotopic (exact) mass is 340 g/mol. The Balaban J connectivity index is 1.60. The smallest absolute Gasteiger partial charge is 0.176 e. The number of piperidine rings is 1. The highest BCUT2D eigenvalue weighted by Crippen LogP contribution is 2.24. The Hall–Kier alpha value is -2.04. The molecule has 1 aliphatic heterocycles. The van der Waals surface area contributed by atoms with Crippen LogP contribution in [0.4, 0.5) is 4.39 Å². The number of ketones is 1. The van der Waals surface area contributed by atoms with Crippen LogP contribution < -0.4 is 5.32 Å². The van der Waals surface area contributed by atoms with E-state index in [1.165, 1.54) is 37.0 Å². The Bertz CT molecular complexity index is 666. The number of nitrogens with zero attached hydrogens (tertiary/aromatic N) is 1. The third-order valence-electron chi connectivity index (χ3n) is 4.81. The van der Waals surface area contributed by atoms with Crippen LogP contribution in [0.2, 0.25) is 0 Å². The van der Waals surface area contributed by atoms with Crippen molar-refractivity contribution < 1.29 is 9.18 Å². The molecule has 2 aromatic carbocycles. The first-order valence-corrected chi connectivity index (χ1v) is 9.02. The van der Waals surface area contributed by atoms with Crippen molar-refractivity contribution in [1.82, 2.24) is 10.2 Å². The van der Waals surface area contributed by atoms with Gasteiger partial charge in [0.15, 0.2) is 5.78 Å². The van der Waals surface area contributed by atoms with Gasteiger partial charge in [-0.3, -0.25) is 9.69 Å². The maximum absolute atomic E-state index is 13.0. The first-order valence-electron chi connectivity index (χ1n) is 9.02. The minimum atomic E-state index is -0.321. The van der Waals surface area contributed by atoms with Crippen molar-refractivity contribution in [3.63, 3.8) is 0 Å². The van der Waals surface area contributed by atoms with Crippen LogP contribution in [0.25, 0.3) is 0 Å². The molecular weight excluding hydrogens is 315 g/mol. The number of halogens is 1. The van der Waals surface area contributed by atoms with Crippen LogP contribution in [0.15, 0.2) is 54.6 Å². The maximum Gasteiger partial charge on any atom is 0.176 e. The molecule has 1 unspecified atom stereocenters. The topological polar surface area (TPSA) is 32.3 Å². The molecule has 1 N–H and O–H groups in total. The van der Waals surface area contributed by atoms with Crippen molar-refractivity contribution in [1.29, 1.82) is 0 Å². The summed E-state index contributed by atoms with van der Waals surface area (Å²) in [6.07, 6.45) is 3.77. The van der Waals surface area contributed by atoms with E-state index < -0.39 is 0 Å². The average Bonchev–Trinajstić information content (AvgIpc) is 2.67. The van der Waals surface area contributed by atoms with E-state index in [0.29, 0.717) is 5.56 Å². The fraction of sp³-hybridized carbons (Fsp3) is 0.381. The Morgan fingerprint density at radius 3 is 2.36 bits per heavy atom. The molecule has 0 bridgehead atoms. The molecular formula is C21H25FN2O. The molecule has 1 fully saturated rings. The van der Waals surface area contributed by atoms with Crippen LogP contribution in [-0.2, 0) is 0 Å². The third kappa shape index (κ3) is 4.97. The SMILES string of the molecule is O=C(CNCC(c1ccccc1)N1CCCCC1)c1ccc(F)cc1. The lowest BCUT2D eigenvalue weighted by atomic mass is 10.0. The van der Waals surface area contributed by atoms with Crippen LogP contribution in [0.1, 0.15) is 41.2 Å². The molecule has 0 spiro atoms. The van der Waals surface area contributed by atoms with Crippen molar-refractivity contribution in [2.24, 2.45) is 0 Å². The van der Waals surface area contributed by atoms with Gasteiger partial charge in [-0.2, -0.15) is 0 Å². The van der Waals surface area contributed by atoms with Gasteiger partial charge >= 0.3 is 0 Å². The van der Waals surface area contributed by atoms with E-state index in [0.717, 1.165) is 19.6 Å². The summed E-state index contributed by atoms with van der Waals surface area (Å²) in [4.78, 5) is 14.8. The van der Waals surface area contributed by atoms with Gasteiger partial charge in [-0.25, -0.2) is 4.39 Å². The summed E-state index contributed by atoms with van der Waals surface area (Å²) in [5, 5.41) is 3.31. The largest absolute Gasteiger partial charge is 0.308 e. The van der Waals surface area contributed by atoms with E-state index in [-0.39, 0.29) is 24.2 Å². The average molecular weight is 340 g/mol. The standard InChI is InChI=1S/C21H25FN2O/c22-19-11-9-18(10-12-19)21(25)16-23-15-20(17-7-3-1-4-8-17)24-13-5-2-6-14-24/h1,3-4,7-12,20,23H,2,5-6,13-16H2. The molecule has 0 saturated carbocycles. The van der Waals surface area contributed by atoms with Crippen molar-refractivity contribution in [2.75, 3.05) is 26.2 Å². The number of hydrogen-bond acceptors (Lipinski definition) is 3. The fourth-order valence-corrected chi connectivity index (χ4v) is 3.42. The lowest BCUT2D eigenvalue weighted by Gasteiger charge is -2.35. The van der Waals surface area contributed by atoms with Gasteiger partial charge in [-0.1, -0.05) is 36.8 Å². The van der Waals surface area contributed by atoms with E-state index in [4.69, 9.17) is 0 Å². The van der Waals surface area contributed by atoms with E-state index in [2.05, 4.69) is 34.5 Å². The van der Waals surface area contributed by atoms with Crippen LogP contribution in [0, 0.1) is 5.82 Å². The third-order valence-corrected chi connectivity index (χ3v) is 4.81. The highest BCUT2D eigenvalue weighted by atomic mass is 19.1. The summed E-state index contributed by atoms with van der Waals surface area (Å²) in [7, 11) is 0. The Kier molecular flexibility index (Phi) is 6.31. The number of rotatable bonds is 7. The number of nitrogens with one attached hydrogen (secondary N) is 1. The zero-order valence-corrected chi connectivity index (χ0v) is 14.5. The van der Waals surface area contributed by atoms with Gasteiger partial charge in [0.1, 0.15) is 5.82 Å². The van der Waals surface area contributed by atoms with Gasteiger partial charge in [-0.15, -0.1) is 0 Å². The summed E-state index contributed by atoms with van der Waals surface area (Å²) in [6.45, 7) is 3.21. The molecule has 1 saturated heterocycles. The van der Waals surface area contributed by atoms with E-state index >= 15 is 0 Å². The number of Topliss-reactive ketones (excluding diaryl/α,β-unsaturated/α-hetero) is 1. The molecule has 25 heavy (non-hydrogen) atoms. The minimum absolute atomic E-state index is 0.00884. The molecule has 1 aliphatic rings. The van der Waals surface area contributed by atoms with Gasteiger partial charge in [-0.05, 0) is 55.8 Å². The predicted octanol–water partition coefficient (Wildman–Crippen LogP) is 3.83. The molecule has 4 heteroatoms. The van der Waals surface area contributed by atoms with Crippen LogP contribution in [-0.4, -0.2) is 36.9 Å². The minimum Gasteiger partial charge on any atom is -0.308 e. The van der Waals surface area contributed by atoms with Crippen molar-refractivity contribution in [3.8, 4) is 0 Å². The van der Waals surface area contributed by atoms with Gasteiger partial charge in [0.05, 0.1) is 6.54 Å². The molecule has 1 heterocycles. The molecule has 1 atom stereocenters. The molecule has 0 amide bonds. The van der Waals surface area contributed by atoms with Gasteiger partial charge < -0.3 is 5.32 Å². The van der Waals surface area contributed by atoms with E-state index in [9.17, 15) is 9.18 Å². The molecule has 2 aromatic rings. The van der Waals surface area contributed by atoms with Crippen molar-refractivity contribution in [2.45, 2.75) is 25.3 Å². The quantitative estimate of drug-likeness (QED) is 0.778. The highest BCUT2D eigenvalue weighted by molar-refractivity contribution is 5.97. The van der Waals surface area contributed by atoms with E-state index in [1.807, 2.05) is 6.07 Å². The summed E-state index contributed by atoms with van der Waals surface area (Å²) < 4.78 is 13.0. The Morgan fingerprint density at radius 1 is 1.00 bits per heavy atom. The lowest BCUT2D eigenvalue weighted by Crippen LogP contribution is -2.40. The molecule has 0 radical (unpaired) electrons. The summed E-state index contributed by atoms with van der Waals surface area (Å²) in [6, 6.07) is 16.5. The van der Waals surface area contributed by atoms with Crippen LogP contribution >= 0.6 is 0 Å². The maximum atomic E-state index is 13.0. The van der Waals surface area contributed by atoms with Crippen LogP contribution in [0.3, 0.4) is 0 Å². The number of carbonyl (C=O) groups is 1. The molecule has 132 valence electrons. The number of likely N-dealkylation sites (tertiary alicyclic amines) is 1. The first kappa shape index (κ1) is 17.8. The summed E-state index contributed by atoms with van der Waals surface area (Å²) in [5.41, 5.74) is 1.83. The normalized spacial score (nSPS) is 16.5. The number of carbonyl (C=O) groups excluding carboxylic acids is 1. The Morgan fingerprint density at radius 2 is 1.68 bits per heavy atom. The van der Waals surface area contributed by atoms with Gasteiger partial charge in [0, 0.05) is 18.2 Å². The first-order chi connectivity index (χ1) is 12.2. The van der Waals surface area contributed by atoms with Crippen LogP contribution in [0.5, 0.6) is 0 Å². The van der Waals surface area contributed by atoms with Crippen molar-refractivity contribution >= 4 is 5.78 Å². The van der Waals surface area contributed by atoms with Crippen molar-refractivity contribution in [3.05, 3.63) is 71.5 Å². The number of benzene rings is 2. The second-order valence-electron chi connectivity index (χ2n) is 6.58. The Labute approximate surface area is 148 Å². The zero-order valence-electron chi connectivity index (χ0n) is 14.5. The highest BCUT2D eigenvalue weighted by Gasteiger charge is 2.22. The zero-order chi connectivity index (χ0) is 17.5. The summed E-state index contributed by atoms with van der Waals surface area (Å²) >= 11 is 0. The summed E-state index contributed by atoms with van der Waals surface area (Å²) in [5.74, 6) is -0.329.